The Bertz CT molecular complexity index is 700. The maximum Gasteiger partial charge on any atom is 0.328 e. The number of aliphatic carboxylic acids is 1. The smallest absolute Gasteiger partial charge is 0.328 e. The summed E-state index contributed by atoms with van der Waals surface area (Å²) in [6, 6.07) is 8.81. The lowest BCUT2D eigenvalue weighted by molar-refractivity contribution is -0.131. The number of carbonyl (C=O) groups is 1. The van der Waals surface area contributed by atoms with Gasteiger partial charge in [0.05, 0.1) is 12.9 Å². The van der Waals surface area contributed by atoms with Gasteiger partial charge in [-0.3, -0.25) is 9.36 Å². The van der Waals surface area contributed by atoms with Crippen LogP contribution in [0.1, 0.15) is 16.8 Å². The first-order chi connectivity index (χ1) is 9.54. The van der Waals surface area contributed by atoms with Crippen molar-refractivity contribution in [2.45, 2.75) is 13.5 Å². The van der Waals surface area contributed by atoms with Crippen LogP contribution in [0.4, 0.5) is 0 Å². The Kier molecular flexibility index (Phi) is 4.10. The quantitative estimate of drug-likeness (QED) is 0.858. The van der Waals surface area contributed by atoms with Crippen molar-refractivity contribution in [3.63, 3.8) is 0 Å². The highest BCUT2D eigenvalue weighted by molar-refractivity contribution is 5.85. The first-order valence-electron chi connectivity index (χ1n) is 6.07. The zero-order valence-corrected chi connectivity index (χ0v) is 11.0. The van der Waals surface area contributed by atoms with Crippen LogP contribution in [0, 0.1) is 6.92 Å². The minimum Gasteiger partial charge on any atom is -0.478 e. The largest absolute Gasteiger partial charge is 0.478 e. The van der Waals surface area contributed by atoms with Crippen molar-refractivity contribution in [3.05, 3.63) is 69.9 Å². The molecule has 5 heteroatoms. The lowest BCUT2D eigenvalue weighted by Crippen LogP contribution is -2.20. The van der Waals surface area contributed by atoms with Gasteiger partial charge in [-0.05, 0) is 24.1 Å². The van der Waals surface area contributed by atoms with Crippen LogP contribution in [-0.4, -0.2) is 20.6 Å². The third kappa shape index (κ3) is 3.65. The molecule has 0 saturated carbocycles. The molecule has 0 fully saturated rings. The monoisotopic (exact) mass is 270 g/mol. The van der Waals surface area contributed by atoms with Crippen molar-refractivity contribution in [2.24, 2.45) is 0 Å². The molecule has 2 rings (SSSR count). The Labute approximate surface area is 115 Å². The first-order valence-corrected chi connectivity index (χ1v) is 6.07. The van der Waals surface area contributed by atoms with Crippen molar-refractivity contribution in [3.8, 4) is 0 Å². The fourth-order valence-electron chi connectivity index (χ4n) is 1.73. The van der Waals surface area contributed by atoms with Gasteiger partial charge in [0, 0.05) is 17.8 Å². The molecule has 0 aliphatic rings. The van der Waals surface area contributed by atoms with Crippen LogP contribution < -0.4 is 5.56 Å². The molecule has 5 nitrogen and oxygen atoms in total. The van der Waals surface area contributed by atoms with Crippen molar-refractivity contribution in [2.75, 3.05) is 0 Å². The Morgan fingerprint density at radius 3 is 2.65 bits per heavy atom. The van der Waals surface area contributed by atoms with Gasteiger partial charge >= 0.3 is 5.97 Å². The molecule has 1 aromatic heterocycles. The Hall–Kier alpha value is -2.69. The lowest BCUT2D eigenvalue weighted by Gasteiger charge is -2.05. The van der Waals surface area contributed by atoms with E-state index in [0.29, 0.717) is 12.2 Å². The predicted molar refractivity (Wildman–Crippen MR) is 75.4 cm³/mol. The van der Waals surface area contributed by atoms with Gasteiger partial charge in [-0.25, -0.2) is 9.78 Å². The van der Waals surface area contributed by atoms with E-state index in [2.05, 4.69) is 4.98 Å². The van der Waals surface area contributed by atoms with E-state index in [1.165, 1.54) is 23.0 Å². The zero-order chi connectivity index (χ0) is 14.5. The molecule has 1 aromatic carbocycles. The van der Waals surface area contributed by atoms with Crippen LogP contribution in [0.2, 0.25) is 0 Å². The standard InChI is InChI=1S/C15H14N2O3/c1-11-8-14(18)17(10-16-11)9-13-4-2-12(3-5-13)6-7-15(19)20/h2-8,10H,9H2,1H3,(H,19,20). The summed E-state index contributed by atoms with van der Waals surface area (Å²) in [6.07, 6.45) is 4.13. The average molecular weight is 270 g/mol. The average Bonchev–Trinajstić information content (AvgIpc) is 2.41. The van der Waals surface area contributed by atoms with Gasteiger partial charge in [-0.1, -0.05) is 24.3 Å². The van der Waals surface area contributed by atoms with E-state index in [-0.39, 0.29) is 5.56 Å². The number of aryl methyl sites for hydroxylation is 1. The Morgan fingerprint density at radius 2 is 2.05 bits per heavy atom. The molecular formula is C15H14N2O3. The summed E-state index contributed by atoms with van der Waals surface area (Å²) in [5.41, 5.74) is 2.35. The second-order valence-electron chi connectivity index (χ2n) is 4.41. The second kappa shape index (κ2) is 5.97. The summed E-state index contributed by atoms with van der Waals surface area (Å²) in [5.74, 6) is -0.980. The molecule has 0 bridgehead atoms. The van der Waals surface area contributed by atoms with Crippen LogP contribution in [-0.2, 0) is 11.3 Å². The third-order valence-corrected chi connectivity index (χ3v) is 2.77. The summed E-state index contributed by atoms with van der Waals surface area (Å²) in [6.45, 7) is 2.21. The molecular weight excluding hydrogens is 256 g/mol. The van der Waals surface area contributed by atoms with Crippen molar-refractivity contribution >= 4 is 12.0 Å². The third-order valence-electron chi connectivity index (χ3n) is 2.77. The lowest BCUT2D eigenvalue weighted by atomic mass is 10.1. The van der Waals surface area contributed by atoms with Crippen molar-refractivity contribution in [1.29, 1.82) is 0 Å². The van der Waals surface area contributed by atoms with Gasteiger partial charge < -0.3 is 5.11 Å². The minimum absolute atomic E-state index is 0.0904. The van der Waals surface area contributed by atoms with E-state index in [1.54, 1.807) is 19.1 Å². The summed E-state index contributed by atoms with van der Waals surface area (Å²) in [4.78, 5) is 26.2. The molecule has 0 amide bonds. The van der Waals surface area contributed by atoms with E-state index in [4.69, 9.17) is 5.11 Å². The molecule has 0 aliphatic heterocycles. The Balaban J connectivity index is 2.14. The molecule has 102 valence electrons. The molecule has 0 spiro atoms. The minimum atomic E-state index is -0.980. The highest BCUT2D eigenvalue weighted by Crippen LogP contribution is 2.07. The number of benzene rings is 1. The number of aromatic nitrogens is 2. The summed E-state index contributed by atoms with van der Waals surface area (Å²) >= 11 is 0. The fraction of sp³-hybridized carbons (Fsp3) is 0.133. The Morgan fingerprint density at radius 1 is 1.35 bits per heavy atom. The molecule has 1 N–H and O–H groups in total. The molecule has 0 atom stereocenters. The normalized spacial score (nSPS) is 10.8. The number of carboxylic acid groups (broad SMARTS) is 1. The molecule has 0 saturated heterocycles. The number of nitrogens with zero attached hydrogens (tertiary/aromatic N) is 2. The van der Waals surface area contributed by atoms with Crippen LogP contribution in [0.15, 0.2) is 47.5 Å². The molecule has 20 heavy (non-hydrogen) atoms. The van der Waals surface area contributed by atoms with Gasteiger partial charge in [-0.2, -0.15) is 0 Å². The van der Waals surface area contributed by atoms with Crippen LogP contribution in [0.25, 0.3) is 6.08 Å². The summed E-state index contributed by atoms with van der Waals surface area (Å²) < 4.78 is 1.52. The van der Waals surface area contributed by atoms with Crippen LogP contribution >= 0.6 is 0 Å². The topological polar surface area (TPSA) is 72.2 Å². The number of hydrogen-bond donors (Lipinski definition) is 1. The number of carboxylic acids is 1. The van der Waals surface area contributed by atoms with E-state index >= 15 is 0 Å². The van der Waals surface area contributed by atoms with E-state index in [0.717, 1.165) is 17.2 Å². The van der Waals surface area contributed by atoms with Crippen molar-refractivity contribution in [1.82, 2.24) is 9.55 Å². The fourth-order valence-corrected chi connectivity index (χ4v) is 1.73. The predicted octanol–water partition coefficient (Wildman–Crippen LogP) is 1.70. The van der Waals surface area contributed by atoms with E-state index < -0.39 is 5.97 Å². The molecule has 0 radical (unpaired) electrons. The van der Waals surface area contributed by atoms with Gasteiger partial charge in [0.15, 0.2) is 0 Å². The number of hydrogen-bond acceptors (Lipinski definition) is 3. The molecule has 0 unspecified atom stereocenters. The van der Waals surface area contributed by atoms with Gasteiger partial charge in [0.1, 0.15) is 0 Å². The molecule has 2 aromatic rings. The van der Waals surface area contributed by atoms with E-state index in [1.807, 2.05) is 12.1 Å². The molecule has 0 aliphatic carbocycles. The number of rotatable bonds is 4. The summed E-state index contributed by atoms with van der Waals surface area (Å²) in [7, 11) is 0. The highest BCUT2D eigenvalue weighted by Gasteiger charge is 1.99. The SMILES string of the molecule is Cc1cc(=O)n(Cc2ccc(C=CC(=O)O)cc2)cn1. The highest BCUT2D eigenvalue weighted by atomic mass is 16.4. The first kappa shape index (κ1) is 13.7. The summed E-state index contributed by atoms with van der Waals surface area (Å²) in [5, 5.41) is 8.55. The van der Waals surface area contributed by atoms with E-state index in [9.17, 15) is 9.59 Å². The van der Waals surface area contributed by atoms with Crippen LogP contribution in [0.3, 0.4) is 0 Å². The van der Waals surface area contributed by atoms with Crippen molar-refractivity contribution < 1.29 is 9.90 Å². The molecule has 1 heterocycles. The maximum absolute atomic E-state index is 11.7. The maximum atomic E-state index is 11.7. The van der Waals surface area contributed by atoms with Gasteiger partial charge in [-0.15, -0.1) is 0 Å². The zero-order valence-electron chi connectivity index (χ0n) is 11.0. The van der Waals surface area contributed by atoms with Gasteiger partial charge in [0.2, 0.25) is 0 Å². The van der Waals surface area contributed by atoms with Gasteiger partial charge in [0.25, 0.3) is 5.56 Å². The second-order valence-corrected chi connectivity index (χ2v) is 4.41. The van der Waals surface area contributed by atoms with Crippen LogP contribution in [0.5, 0.6) is 0 Å².